The second-order valence-electron chi connectivity index (χ2n) is 8.81. The lowest BCUT2D eigenvalue weighted by Gasteiger charge is -2.30. The third kappa shape index (κ3) is 4.38. The van der Waals surface area contributed by atoms with Crippen molar-refractivity contribution in [1.82, 2.24) is 18.6 Å². The van der Waals surface area contributed by atoms with Crippen molar-refractivity contribution in [2.75, 3.05) is 39.4 Å². The number of ether oxygens (including phenoxy) is 1. The van der Waals surface area contributed by atoms with Crippen LogP contribution < -0.4 is 0 Å². The molecular formula is C23H28N4O5S2. The molecule has 34 heavy (non-hydrogen) atoms. The Balaban J connectivity index is 1.32. The maximum absolute atomic E-state index is 13.3. The predicted molar refractivity (Wildman–Crippen MR) is 128 cm³/mol. The van der Waals surface area contributed by atoms with E-state index in [1.807, 2.05) is 19.1 Å². The molecule has 2 aliphatic heterocycles. The largest absolute Gasteiger partial charge is 0.379 e. The van der Waals surface area contributed by atoms with Crippen molar-refractivity contribution in [3.05, 3.63) is 53.9 Å². The van der Waals surface area contributed by atoms with E-state index in [1.54, 1.807) is 0 Å². The Kier molecular flexibility index (Phi) is 6.23. The summed E-state index contributed by atoms with van der Waals surface area (Å²) in [5, 5.41) is 0. The van der Waals surface area contributed by atoms with Crippen LogP contribution in [0.5, 0.6) is 0 Å². The van der Waals surface area contributed by atoms with Gasteiger partial charge in [-0.05, 0) is 55.7 Å². The zero-order chi connectivity index (χ0) is 23.9. The number of hydrogen-bond donors (Lipinski definition) is 1. The number of rotatable bonds is 5. The van der Waals surface area contributed by atoms with Crippen molar-refractivity contribution in [1.29, 1.82) is 0 Å². The zero-order valence-electron chi connectivity index (χ0n) is 19.0. The normalized spacial score (nSPS) is 19.6. The summed E-state index contributed by atoms with van der Waals surface area (Å²) in [7, 11) is -7.59. The second kappa shape index (κ2) is 9.04. The molecule has 3 aromatic rings. The molecule has 5 rings (SSSR count). The van der Waals surface area contributed by atoms with E-state index < -0.39 is 20.0 Å². The summed E-state index contributed by atoms with van der Waals surface area (Å²) in [6.07, 6.45) is 1.29. The maximum Gasteiger partial charge on any atom is 0.243 e. The SMILES string of the molecule is Cc1ccc2nc(C3CCN(S(=O)(=O)c4cccc(S(=O)(=O)N5CCOCC5)c4)CC3)[nH]c2c1. The molecule has 2 fully saturated rings. The van der Waals surface area contributed by atoms with E-state index in [0.29, 0.717) is 39.1 Å². The molecule has 0 aliphatic carbocycles. The molecule has 1 aromatic heterocycles. The van der Waals surface area contributed by atoms with Crippen molar-refractivity contribution < 1.29 is 21.6 Å². The smallest absolute Gasteiger partial charge is 0.243 e. The summed E-state index contributed by atoms with van der Waals surface area (Å²) in [6, 6.07) is 11.7. The van der Waals surface area contributed by atoms with Crippen LogP contribution in [-0.4, -0.2) is 74.8 Å². The molecule has 182 valence electrons. The Morgan fingerprint density at radius 1 is 0.882 bits per heavy atom. The average molecular weight is 505 g/mol. The quantitative estimate of drug-likeness (QED) is 0.571. The summed E-state index contributed by atoms with van der Waals surface area (Å²) < 4.78 is 60.7. The average Bonchev–Trinajstić information content (AvgIpc) is 3.28. The van der Waals surface area contributed by atoms with Crippen LogP contribution in [0, 0.1) is 6.92 Å². The standard InChI is InChI=1S/C23H28N4O5S2/c1-17-5-6-21-22(15-17)25-23(24-21)18-7-9-26(10-8-18)33(28,29)19-3-2-4-20(16-19)34(30,31)27-11-13-32-14-12-27/h2-6,15-16,18H,7-14H2,1H3,(H,24,25). The summed E-state index contributed by atoms with van der Waals surface area (Å²) in [5.41, 5.74) is 3.05. The molecule has 0 atom stereocenters. The van der Waals surface area contributed by atoms with Crippen LogP contribution in [0.15, 0.2) is 52.3 Å². The number of imidazole rings is 1. The van der Waals surface area contributed by atoms with Crippen LogP contribution in [0.4, 0.5) is 0 Å². The highest BCUT2D eigenvalue weighted by atomic mass is 32.2. The molecule has 9 nitrogen and oxygen atoms in total. The molecule has 0 bridgehead atoms. The highest BCUT2D eigenvalue weighted by Crippen LogP contribution is 2.31. The van der Waals surface area contributed by atoms with E-state index in [2.05, 4.69) is 11.1 Å². The van der Waals surface area contributed by atoms with Gasteiger partial charge in [0.1, 0.15) is 5.82 Å². The molecule has 3 heterocycles. The number of nitrogens with zero attached hydrogens (tertiary/aromatic N) is 3. The number of fused-ring (bicyclic) bond motifs is 1. The van der Waals surface area contributed by atoms with Gasteiger partial charge in [0.25, 0.3) is 0 Å². The van der Waals surface area contributed by atoms with E-state index in [1.165, 1.54) is 32.9 Å². The first-order valence-electron chi connectivity index (χ1n) is 11.4. The van der Waals surface area contributed by atoms with Gasteiger partial charge in [-0.2, -0.15) is 8.61 Å². The summed E-state index contributed by atoms with van der Waals surface area (Å²) in [4.78, 5) is 8.08. The number of nitrogens with one attached hydrogen (secondary N) is 1. The number of piperidine rings is 1. The van der Waals surface area contributed by atoms with Crippen LogP contribution >= 0.6 is 0 Å². The lowest BCUT2D eigenvalue weighted by molar-refractivity contribution is 0.0730. The molecule has 0 amide bonds. The monoisotopic (exact) mass is 504 g/mol. The van der Waals surface area contributed by atoms with Crippen LogP contribution in [-0.2, 0) is 24.8 Å². The van der Waals surface area contributed by atoms with Gasteiger partial charge in [0.05, 0.1) is 34.0 Å². The number of benzene rings is 2. The van der Waals surface area contributed by atoms with Gasteiger partial charge in [-0.1, -0.05) is 12.1 Å². The van der Waals surface area contributed by atoms with Crippen molar-refractivity contribution >= 4 is 31.1 Å². The van der Waals surface area contributed by atoms with E-state index in [9.17, 15) is 16.8 Å². The minimum absolute atomic E-state index is 0.000466. The van der Waals surface area contributed by atoms with E-state index in [-0.39, 0.29) is 28.8 Å². The first kappa shape index (κ1) is 23.4. The van der Waals surface area contributed by atoms with Gasteiger partial charge in [0.2, 0.25) is 20.0 Å². The predicted octanol–water partition coefficient (Wildman–Crippen LogP) is 2.46. The van der Waals surface area contributed by atoms with Gasteiger partial charge in [-0.3, -0.25) is 0 Å². The van der Waals surface area contributed by atoms with Crippen LogP contribution in [0.2, 0.25) is 0 Å². The number of aromatic amines is 1. The minimum atomic E-state index is -3.82. The van der Waals surface area contributed by atoms with Crippen LogP contribution in [0.3, 0.4) is 0 Å². The minimum Gasteiger partial charge on any atom is -0.379 e. The van der Waals surface area contributed by atoms with E-state index in [4.69, 9.17) is 9.72 Å². The maximum atomic E-state index is 13.3. The molecule has 2 aromatic carbocycles. The van der Waals surface area contributed by atoms with Gasteiger partial charge in [-0.15, -0.1) is 0 Å². The third-order valence-electron chi connectivity index (χ3n) is 6.55. The number of morpholine rings is 1. The van der Waals surface area contributed by atoms with Crippen molar-refractivity contribution in [2.45, 2.75) is 35.5 Å². The Hall–Kier alpha value is -2.31. The first-order valence-corrected chi connectivity index (χ1v) is 14.3. The van der Waals surface area contributed by atoms with Crippen molar-refractivity contribution in [2.24, 2.45) is 0 Å². The molecule has 0 spiro atoms. The molecular weight excluding hydrogens is 476 g/mol. The molecule has 1 N–H and O–H groups in total. The number of hydrogen-bond acceptors (Lipinski definition) is 6. The molecule has 11 heteroatoms. The van der Waals surface area contributed by atoms with Gasteiger partial charge in [0.15, 0.2) is 0 Å². The highest BCUT2D eigenvalue weighted by Gasteiger charge is 2.33. The fraction of sp³-hybridized carbons (Fsp3) is 0.435. The van der Waals surface area contributed by atoms with E-state index >= 15 is 0 Å². The van der Waals surface area contributed by atoms with Crippen molar-refractivity contribution in [3.8, 4) is 0 Å². The Labute approximate surface area is 199 Å². The van der Waals surface area contributed by atoms with Gasteiger partial charge < -0.3 is 9.72 Å². The fourth-order valence-corrected chi connectivity index (χ4v) is 7.63. The lowest BCUT2D eigenvalue weighted by atomic mass is 9.97. The number of aromatic nitrogens is 2. The molecule has 0 unspecified atom stereocenters. The highest BCUT2D eigenvalue weighted by molar-refractivity contribution is 7.90. The Morgan fingerprint density at radius 2 is 1.50 bits per heavy atom. The molecule has 2 saturated heterocycles. The van der Waals surface area contributed by atoms with Crippen LogP contribution in [0.1, 0.15) is 30.1 Å². The zero-order valence-corrected chi connectivity index (χ0v) is 20.6. The topological polar surface area (TPSA) is 113 Å². The summed E-state index contributed by atoms with van der Waals surface area (Å²) >= 11 is 0. The summed E-state index contributed by atoms with van der Waals surface area (Å²) in [6.45, 7) is 3.91. The molecule has 0 radical (unpaired) electrons. The lowest BCUT2D eigenvalue weighted by Crippen LogP contribution is -2.41. The number of sulfonamides is 2. The number of H-pyrrole nitrogens is 1. The molecule has 0 saturated carbocycles. The number of aryl methyl sites for hydroxylation is 1. The summed E-state index contributed by atoms with van der Waals surface area (Å²) in [5.74, 6) is 1.03. The van der Waals surface area contributed by atoms with Crippen molar-refractivity contribution in [3.63, 3.8) is 0 Å². The van der Waals surface area contributed by atoms with Gasteiger partial charge in [0, 0.05) is 32.1 Å². The van der Waals surface area contributed by atoms with E-state index in [0.717, 1.165) is 22.4 Å². The van der Waals surface area contributed by atoms with Gasteiger partial charge in [-0.25, -0.2) is 21.8 Å². The molecule has 2 aliphatic rings. The second-order valence-corrected chi connectivity index (χ2v) is 12.7. The Bertz CT molecular complexity index is 1400. The van der Waals surface area contributed by atoms with Gasteiger partial charge >= 0.3 is 0 Å². The fourth-order valence-electron chi connectivity index (χ4n) is 4.59. The first-order chi connectivity index (χ1) is 16.2. The van der Waals surface area contributed by atoms with Crippen LogP contribution in [0.25, 0.3) is 11.0 Å². The third-order valence-corrected chi connectivity index (χ3v) is 10.3. The Morgan fingerprint density at radius 3 is 2.15 bits per heavy atom.